The van der Waals surface area contributed by atoms with Crippen molar-refractivity contribution in [1.29, 1.82) is 0 Å². The van der Waals surface area contributed by atoms with Crippen LogP contribution in [0.5, 0.6) is 0 Å². The van der Waals surface area contributed by atoms with E-state index in [9.17, 15) is 9.59 Å². The van der Waals surface area contributed by atoms with E-state index in [1.54, 1.807) is 11.8 Å². The number of amides is 2. The summed E-state index contributed by atoms with van der Waals surface area (Å²) in [5.41, 5.74) is 1.15. The van der Waals surface area contributed by atoms with E-state index >= 15 is 0 Å². The minimum Gasteiger partial charge on any atom is -0.467 e. The van der Waals surface area contributed by atoms with Gasteiger partial charge in [-0.05, 0) is 24.8 Å². The number of methoxy groups -OCH3 is 1. The Labute approximate surface area is 136 Å². The maximum absolute atomic E-state index is 12.1. The van der Waals surface area contributed by atoms with E-state index in [2.05, 4.69) is 27.2 Å². The fourth-order valence-electron chi connectivity index (χ4n) is 2.34. The standard InChI is InChI=1S/C17H23N3O3/c1-14(16(21)23-2)18-17(22)20-12-10-19(11-13-20)9-8-15-6-4-3-5-7-15/h3-9,14H,10-13H2,1-2H3,(H,18,22)/b9-8+/t14-/m0/s1. The highest BCUT2D eigenvalue weighted by molar-refractivity contribution is 5.83. The molecule has 1 heterocycles. The van der Waals surface area contributed by atoms with E-state index in [1.165, 1.54) is 7.11 Å². The van der Waals surface area contributed by atoms with E-state index in [-0.39, 0.29) is 6.03 Å². The van der Waals surface area contributed by atoms with Gasteiger partial charge in [0.05, 0.1) is 7.11 Å². The first-order valence-electron chi connectivity index (χ1n) is 7.70. The maximum atomic E-state index is 12.1. The molecule has 0 aromatic heterocycles. The molecule has 1 aromatic rings. The zero-order valence-electron chi connectivity index (χ0n) is 13.6. The molecule has 23 heavy (non-hydrogen) atoms. The van der Waals surface area contributed by atoms with Crippen LogP contribution in [0.1, 0.15) is 12.5 Å². The van der Waals surface area contributed by atoms with Gasteiger partial charge in [0, 0.05) is 26.2 Å². The summed E-state index contributed by atoms with van der Waals surface area (Å²) in [6.45, 7) is 4.40. The van der Waals surface area contributed by atoms with Crippen molar-refractivity contribution in [2.75, 3.05) is 33.3 Å². The molecule has 0 bridgehead atoms. The van der Waals surface area contributed by atoms with Gasteiger partial charge in [0.25, 0.3) is 0 Å². The second-order valence-electron chi connectivity index (χ2n) is 5.44. The van der Waals surface area contributed by atoms with Gasteiger partial charge in [-0.25, -0.2) is 9.59 Å². The molecule has 0 saturated carbocycles. The van der Waals surface area contributed by atoms with Crippen molar-refractivity contribution < 1.29 is 14.3 Å². The summed E-state index contributed by atoms with van der Waals surface area (Å²) in [6, 6.07) is 9.24. The number of carbonyl (C=O) groups excluding carboxylic acids is 2. The number of nitrogens with one attached hydrogen (secondary N) is 1. The maximum Gasteiger partial charge on any atom is 0.328 e. The fraction of sp³-hybridized carbons (Fsp3) is 0.412. The number of ether oxygens (including phenoxy) is 1. The summed E-state index contributed by atoms with van der Waals surface area (Å²) in [5.74, 6) is -0.442. The monoisotopic (exact) mass is 317 g/mol. The van der Waals surface area contributed by atoms with Crippen LogP contribution in [0.25, 0.3) is 6.08 Å². The van der Waals surface area contributed by atoms with Crippen LogP contribution in [0.2, 0.25) is 0 Å². The minimum absolute atomic E-state index is 0.227. The Kier molecular flexibility index (Phi) is 6.02. The predicted molar refractivity (Wildman–Crippen MR) is 88.6 cm³/mol. The van der Waals surface area contributed by atoms with E-state index in [4.69, 9.17) is 0 Å². The zero-order chi connectivity index (χ0) is 16.7. The van der Waals surface area contributed by atoms with Crippen molar-refractivity contribution in [2.45, 2.75) is 13.0 Å². The zero-order valence-corrected chi connectivity index (χ0v) is 13.6. The molecule has 6 heteroatoms. The SMILES string of the molecule is COC(=O)[C@H](C)NC(=O)N1CCN(/C=C/c2ccccc2)CC1. The van der Waals surface area contributed by atoms with E-state index < -0.39 is 12.0 Å². The number of urea groups is 1. The van der Waals surface area contributed by atoms with Crippen molar-refractivity contribution >= 4 is 18.1 Å². The molecule has 1 aromatic carbocycles. The lowest BCUT2D eigenvalue weighted by molar-refractivity contribution is -0.142. The number of hydrogen-bond acceptors (Lipinski definition) is 4. The highest BCUT2D eigenvalue weighted by Gasteiger charge is 2.23. The predicted octanol–water partition coefficient (Wildman–Crippen LogP) is 1.55. The van der Waals surface area contributed by atoms with Gasteiger partial charge in [-0.2, -0.15) is 0 Å². The van der Waals surface area contributed by atoms with Crippen LogP contribution in [0, 0.1) is 0 Å². The highest BCUT2D eigenvalue weighted by Crippen LogP contribution is 2.07. The van der Waals surface area contributed by atoms with Crippen LogP contribution in [0.3, 0.4) is 0 Å². The molecule has 1 N–H and O–H groups in total. The second kappa shape index (κ2) is 8.22. The number of benzene rings is 1. The number of esters is 1. The Balaban J connectivity index is 1.78. The summed E-state index contributed by atoms with van der Waals surface area (Å²) >= 11 is 0. The van der Waals surface area contributed by atoms with Crippen LogP contribution in [0.4, 0.5) is 4.79 Å². The van der Waals surface area contributed by atoms with Gasteiger partial charge in [0.2, 0.25) is 0 Å². The number of piperazine rings is 1. The van der Waals surface area contributed by atoms with Crippen molar-refractivity contribution in [2.24, 2.45) is 0 Å². The van der Waals surface area contributed by atoms with Crippen LogP contribution in [0.15, 0.2) is 36.5 Å². The van der Waals surface area contributed by atoms with E-state index in [1.807, 2.05) is 30.3 Å². The summed E-state index contributed by atoms with van der Waals surface area (Å²) < 4.78 is 4.60. The Morgan fingerprint density at radius 1 is 1.17 bits per heavy atom. The van der Waals surface area contributed by atoms with Gasteiger partial charge in [-0.15, -0.1) is 0 Å². The molecule has 1 fully saturated rings. The highest BCUT2D eigenvalue weighted by atomic mass is 16.5. The second-order valence-corrected chi connectivity index (χ2v) is 5.44. The summed E-state index contributed by atoms with van der Waals surface area (Å²) in [4.78, 5) is 27.3. The minimum atomic E-state index is -0.636. The van der Waals surface area contributed by atoms with E-state index in [0.29, 0.717) is 13.1 Å². The third-order valence-corrected chi connectivity index (χ3v) is 3.77. The molecule has 2 amide bonds. The lowest BCUT2D eigenvalue weighted by Crippen LogP contribution is -2.53. The van der Waals surface area contributed by atoms with Gasteiger partial charge in [-0.3, -0.25) is 0 Å². The quantitative estimate of drug-likeness (QED) is 0.856. The summed E-state index contributed by atoms with van der Waals surface area (Å²) in [7, 11) is 1.31. The molecule has 124 valence electrons. The van der Waals surface area contributed by atoms with Gasteiger partial charge in [0.1, 0.15) is 6.04 Å². The topological polar surface area (TPSA) is 61.9 Å². The van der Waals surface area contributed by atoms with Gasteiger partial charge in [-0.1, -0.05) is 30.3 Å². The Morgan fingerprint density at radius 2 is 1.83 bits per heavy atom. The van der Waals surface area contributed by atoms with Crippen molar-refractivity contribution in [3.8, 4) is 0 Å². The van der Waals surface area contributed by atoms with Crippen LogP contribution in [-0.2, 0) is 9.53 Å². The van der Waals surface area contributed by atoms with Gasteiger partial charge < -0.3 is 19.9 Å². The number of nitrogens with zero attached hydrogens (tertiary/aromatic N) is 2. The summed E-state index contributed by atoms with van der Waals surface area (Å²) in [5, 5.41) is 2.65. The first-order chi connectivity index (χ1) is 11.1. The summed E-state index contributed by atoms with van der Waals surface area (Å²) in [6.07, 6.45) is 4.12. The first-order valence-corrected chi connectivity index (χ1v) is 7.70. The lowest BCUT2D eigenvalue weighted by Gasteiger charge is -2.34. The van der Waals surface area contributed by atoms with Crippen molar-refractivity contribution in [1.82, 2.24) is 15.1 Å². The van der Waals surface area contributed by atoms with Gasteiger partial charge in [0.15, 0.2) is 0 Å². The normalized spacial score (nSPS) is 16.3. The van der Waals surface area contributed by atoms with Crippen molar-refractivity contribution in [3.63, 3.8) is 0 Å². The van der Waals surface area contributed by atoms with Crippen LogP contribution < -0.4 is 5.32 Å². The van der Waals surface area contributed by atoms with Gasteiger partial charge >= 0.3 is 12.0 Å². The third kappa shape index (κ3) is 5.02. The number of hydrogen-bond donors (Lipinski definition) is 1. The molecular formula is C17H23N3O3. The molecule has 1 atom stereocenters. The molecule has 2 rings (SSSR count). The average Bonchev–Trinajstić information content (AvgIpc) is 2.60. The largest absolute Gasteiger partial charge is 0.467 e. The molecule has 0 spiro atoms. The van der Waals surface area contributed by atoms with Crippen molar-refractivity contribution in [3.05, 3.63) is 42.1 Å². The molecule has 1 saturated heterocycles. The fourth-order valence-corrected chi connectivity index (χ4v) is 2.34. The third-order valence-electron chi connectivity index (χ3n) is 3.77. The smallest absolute Gasteiger partial charge is 0.328 e. The van der Waals surface area contributed by atoms with Crippen LogP contribution >= 0.6 is 0 Å². The molecule has 6 nitrogen and oxygen atoms in total. The Bertz CT molecular complexity index is 551. The Hall–Kier alpha value is -2.50. The molecular weight excluding hydrogens is 294 g/mol. The molecule has 0 aliphatic carbocycles. The molecule has 0 unspecified atom stereocenters. The average molecular weight is 317 g/mol. The van der Waals surface area contributed by atoms with Crippen LogP contribution in [-0.4, -0.2) is 61.1 Å². The Morgan fingerprint density at radius 3 is 2.43 bits per heavy atom. The lowest BCUT2D eigenvalue weighted by atomic mass is 10.2. The number of carbonyl (C=O) groups is 2. The molecule has 1 aliphatic heterocycles. The molecule has 1 aliphatic rings. The first kappa shape index (κ1) is 16.9. The molecule has 0 radical (unpaired) electrons. The van der Waals surface area contributed by atoms with E-state index in [0.717, 1.165) is 18.7 Å². The number of rotatable bonds is 4.